The van der Waals surface area contributed by atoms with Crippen molar-refractivity contribution in [2.24, 2.45) is 34.5 Å². The molecule has 1 N–H and O–H groups in total. The minimum Gasteiger partial charge on any atom is -0.393 e. The molecule has 7 atom stereocenters. The van der Waals surface area contributed by atoms with Crippen LogP contribution in [0.1, 0.15) is 71.6 Å². The maximum Gasteiger partial charge on any atom is 0.133 e. The van der Waals surface area contributed by atoms with Gasteiger partial charge in [0.05, 0.1) is 6.10 Å². The molecule has 0 spiro atoms. The van der Waals surface area contributed by atoms with Crippen molar-refractivity contribution >= 4 is 5.78 Å². The second kappa shape index (κ2) is 4.57. The van der Waals surface area contributed by atoms with Crippen molar-refractivity contribution in [3.8, 4) is 0 Å². The highest BCUT2D eigenvalue weighted by molar-refractivity contribution is 5.80. The fourth-order valence-electron chi connectivity index (χ4n) is 7.11. The molecule has 0 heterocycles. The number of Topliss-reactive ketones (excluding diaryl/α,β-unsaturated/α-hetero) is 1. The summed E-state index contributed by atoms with van der Waals surface area (Å²) in [5.41, 5.74) is 0.441. The predicted molar refractivity (Wildman–Crippen MR) is 82.7 cm³/mol. The van der Waals surface area contributed by atoms with Gasteiger partial charge in [-0.15, -0.1) is 0 Å². The van der Waals surface area contributed by atoms with Gasteiger partial charge in [-0.25, -0.2) is 0 Å². The summed E-state index contributed by atoms with van der Waals surface area (Å²) in [6.07, 6.45) is 10.1. The van der Waals surface area contributed by atoms with E-state index in [0.717, 1.165) is 43.4 Å². The summed E-state index contributed by atoms with van der Waals surface area (Å²) < 4.78 is 0. The largest absolute Gasteiger partial charge is 0.393 e. The van der Waals surface area contributed by atoms with Crippen molar-refractivity contribution in [2.45, 2.75) is 77.7 Å². The number of aliphatic hydroxyl groups excluding tert-OH is 1. The molecule has 0 aromatic rings. The molecule has 4 saturated carbocycles. The van der Waals surface area contributed by atoms with Crippen molar-refractivity contribution in [1.29, 1.82) is 0 Å². The van der Waals surface area contributed by atoms with E-state index in [0.29, 0.717) is 11.7 Å². The standard InChI is InChI=1S/C19H30O2/c1-18-10-9-16-14(15(18)7-8-17(18)21)6-4-12-3-5-13(20)11-19(12,16)2/h12,14-17,21H,3-11H2,1-2H3. The summed E-state index contributed by atoms with van der Waals surface area (Å²) >= 11 is 0. The lowest BCUT2D eigenvalue weighted by atomic mass is 9.45. The molecule has 21 heavy (non-hydrogen) atoms. The highest BCUT2D eigenvalue weighted by atomic mass is 16.3. The van der Waals surface area contributed by atoms with Crippen LogP contribution >= 0.6 is 0 Å². The van der Waals surface area contributed by atoms with Gasteiger partial charge < -0.3 is 5.11 Å². The van der Waals surface area contributed by atoms with E-state index >= 15 is 0 Å². The SMILES string of the molecule is CC12CCC3C(CCC4CCC(=O)CC43C)C1CCC2O. The van der Waals surface area contributed by atoms with Gasteiger partial charge in [-0.2, -0.15) is 0 Å². The van der Waals surface area contributed by atoms with Gasteiger partial charge >= 0.3 is 0 Å². The smallest absolute Gasteiger partial charge is 0.133 e. The lowest BCUT2D eigenvalue weighted by Crippen LogP contribution is -2.54. The minimum absolute atomic E-state index is 0.0815. The molecule has 4 aliphatic carbocycles. The normalized spacial score (nSPS) is 56.5. The van der Waals surface area contributed by atoms with Crippen molar-refractivity contribution in [1.82, 2.24) is 0 Å². The van der Waals surface area contributed by atoms with Gasteiger partial charge in [-0.1, -0.05) is 13.8 Å². The summed E-state index contributed by atoms with van der Waals surface area (Å²) in [5.74, 6) is 3.51. The molecular formula is C19H30O2. The van der Waals surface area contributed by atoms with E-state index in [9.17, 15) is 9.90 Å². The fourth-order valence-corrected chi connectivity index (χ4v) is 7.11. The van der Waals surface area contributed by atoms with Crippen LogP contribution in [0, 0.1) is 34.5 Å². The van der Waals surface area contributed by atoms with Crippen LogP contribution in [-0.2, 0) is 4.79 Å². The molecule has 118 valence electrons. The molecule has 4 aliphatic rings. The first-order chi connectivity index (χ1) is 9.95. The van der Waals surface area contributed by atoms with Gasteiger partial charge in [0.2, 0.25) is 0 Å². The molecule has 0 aromatic carbocycles. The Kier molecular flexibility index (Phi) is 3.10. The van der Waals surface area contributed by atoms with Gasteiger partial charge in [0, 0.05) is 12.8 Å². The van der Waals surface area contributed by atoms with Crippen LogP contribution in [0.25, 0.3) is 0 Å². The van der Waals surface area contributed by atoms with Gasteiger partial charge in [0.25, 0.3) is 0 Å². The lowest BCUT2D eigenvalue weighted by molar-refractivity contribution is -0.144. The third kappa shape index (κ3) is 1.84. The topological polar surface area (TPSA) is 37.3 Å². The number of carbonyl (C=O) groups excluding carboxylic acids is 1. The van der Waals surface area contributed by atoms with E-state index < -0.39 is 0 Å². The molecule has 0 aromatic heterocycles. The Bertz CT molecular complexity index is 458. The van der Waals surface area contributed by atoms with E-state index in [2.05, 4.69) is 13.8 Å². The third-order valence-corrected chi connectivity index (χ3v) is 8.36. The van der Waals surface area contributed by atoms with Crippen LogP contribution in [0.4, 0.5) is 0 Å². The van der Waals surface area contributed by atoms with Crippen LogP contribution in [0.3, 0.4) is 0 Å². The second-order valence-corrected chi connectivity index (χ2v) is 9.05. The first-order valence-corrected chi connectivity index (χ1v) is 9.15. The maximum absolute atomic E-state index is 12.1. The molecule has 2 heteroatoms. The Morgan fingerprint density at radius 3 is 2.52 bits per heavy atom. The zero-order valence-corrected chi connectivity index (χ0v) is 13.6. The molecular weight excluding hydrogens is 260 g/mol. The number of carbonyl (C=O) groups is 1. The van der Waals surface area contributed by atoms with Gasteiger partial charge in [0.15, 0.2) is 0 Å². The Morgan fingerprint density at radius 1 is 0.952 bits per heavy atom. The first kappa shape index (κ1) is 14.2. The number of rotatable bonds is 0. The maximum atomic E-state index is 12.1. The van der Waals surface area contributed by atoms with Crippen molar-refractivity contribution in [3.05, 3.63) is 0 Å². The van der Waals surface area contributed by atoms with Gasteiger partial charge in [-0.05, 0) is 79.4 Å². The average Bonchev–Trinajstić information content (AvgIpc) is 2.74. The Morgan fingerprint density at radius 2 is 1.71 bits per heavy atom. The average molecular weight is 290 g/mol. The van der Waals surface area contributed by atoms with Gasteiger partial charge in [0.1, 0.15) is 5.78 Å². The van der Waals surface area contributed by atoms with E-state index in [1.807, 2.05) is 0 Å². The third-order valence-electron chi connectivity index (χ3n) is 8.36. The predicted octanol–water partition coefficient (Wildman–Crippen LogP) is 3.96. The quantitative estimate of drug-likeness (QED) is 0.733. The Labute approximate surface area is 128 Å². The molecule has 2 nitrogen and oxygen atoms in total. The van der Waals surface area contributed by atoms with Crippen LogP contribution in [0.15, 0.2) is 0 Å². The molecule has 0 amide bonds. The van der Waals surface area contributed by atoms with Gasteiger partial charge in [-0.3, -0.25) is 4.79 Å². The van der Waals surface area contributed by atoms with E-state index in [1.54, 1.807) is 0 Å². The molecule has 0 aliphatic heterocycles. The molecule has 0 bridgehead atoms. The molecule has 4 rings (SSSR count). The van der Waals surface area contributed by atoms with E-state index in [-0.39, 0.29) is 16.9 Å². The number of hydrogen-bond acceptors (Lipinski definition) is 2. The van der Waals surface area contributed by atoms with Crippen molar-refractivity contribution in [3.63, 3.8) is 0 Å². The monoisotopic (exact) mass is 290 g/mol. The van der Waals surface area contributed by atoms with Crippen LogP contribution in [-0.4, -0.2) is 17.0 Å². The summed E-state index contributed by atoms with van der Waals surface area (Å²) in [4.78, 5) is 12.1. The minimum atomic E-state index is -0.0815. The molecule has 4 fully saturated rings. The van der Waals surface area contributed by atoms with Crippen molar-refractivity contribution in [2.75, 3.05) is 0 Å². The summed E-state index contributed by atoms with van der Waals surface area (Å²) in [6, 6.07) is 0. The fraction of sp³-hybridized carbons (Fsp3) is 0.947. The number of ketones is 1. The van der Waals surface area contributed by atoms with Crippen LogP contribution < -0.4 is 0 Å². The highest BCUT2D eigenvalue weighted by Crippen LogP contribution is 2.65. The Balaban J connectivity index is 1.66. The summed E-state index contributed by atoms with van der Waals surface area (Å²) in [5, 5.41) is 10.5. The first-order valence-electron chi connectivity index (χ1n) is 9.15. The zero-order valence-electron chi connectivity index (χ0n) is 13.6. The summed E-state index contributed by atoms with van der Waals surface area (Å²) in [6.45, 7) is 4.77. The zero-order chi connectivity index (χ0) is 14.8. The van der Waals surface area contributed by atoms with Crippen molar-refractivity contribution < 1.29 is 9.90 Å². The molecule has 7 unspecified atom stereocenters. The van der Waals surface area contributed by atoms with E-state index in [1.165, 1.54) is 32.1 Å². The molecule has 0 saturated heterocycles. The van der Waals surface area contributed by atoms with Crippen LogP contribution in [0.2, 0.25) is 0 Å². The lowest BCUT2D eigenvalue weighted by Gasteiger charge is -2.59. The Hall–Kier alpha value is -0.370. The number of hydrogen-bond donors (Lipinski definition) is 1. The highest BCUT2D eigenvalue weighted by Gasteiger charge is 2.60. The summed E-state index contributed by atoms with van der Waals surface area (Å²) in [7, 11) is 0. The number of fused-ring (bicyclic) bond motifs is 5. The van der Waals surface area contributed by atoms with E-state index in [4.69, 9.17) is 0 Å². The molecule has 0 radical (unpaired) electrons. The van der Waals surface area contributed by atoms with Crippen LogP contribution in [0.5, 0.6) is 0 Å². The second-order valence-electron chi connectivity index (χ2n) is 9.05. The number of aliphatic hydroxyl groups is 1.